The summed E-state index contributed by atoms with van der Waals surface area (Å²) in [7, 11) is 1.57. The molecule has 0 aliphatic rings. The Morgan fingerprint density at radius 3 is 2.54 bits per heavy atom. The number of methoxy groups -OCH3 is 1. The molecule has 1 heterocycles. The number of carbonyl (C=O) groups excluding carboxylic acids is 1. The molecular weight excluding hydrogens is 342 g/mol. The molecule has 0 saturated carbocycles. The summed E-state index contributed by atoms with van der Waals surface area (Å²) < 4.78 is 31.2. The van der Waals surface area contributed by atoms with Gasteiger partial charge in [-0.1, -0.05) is 6.07 Å². The molecule has 3 rings (SSSR count). The number of hydrogen-bond acceptors (Lipinski definition) is 5. The Hall–Kier alpha value is -3.55. The van der Waals surface area contributed by atoms with Crippen LogP contribution in [0.15, 0.2) is 54.9 Å². The minimum absolute atomic E-state index is 0.0333. The Balaban J connectivity index is 1.68. The second-order valence-electron chi connectivity index (χ2n) is 5.23. The molecule has 26 heavy (non-hydrogen) atoms. The first-order valence-electron chi connectivity index (χ1n) is 7.54. The Kier molecular flexibility index (Phi) is 5.02. The van der Waals surface area contributed by atoms with E-state index in [-0.39, 0.29) is 11.4 Å². The van der Waals surface area contributed by atoms with E-state index in [0.29, 0.717) is 11.6 Å². The first-order valence-corrected chi connectivity index (χ1v) is 7.54. The molecule has 0 aliphatic carbocycles. The van der Waals surface area contributed by atoms with Crippen LogP contribution >= 0.6 is 0 Å². The predicted octanol–water partition coefficient (Wildman–Crippen LogP) is 3.76. The third-order valence-corrected chi connectivity index (χ3v) is 3.40. The van der Waals surface area contributed by atoms with Gasteiger partial charge < -0.3 is 15.4 Å². The summed E-state index contributed by atoms with van der Waals surface area (Å²) in [5.41, 5.74) is 0.901. The fourth-order valence-electron chi connectivity index (χ4n) is 2.13. The SMILES string of the molecule is COc1cccc(Nc2cnc(C(=O)Nc3ccc(F)c(F)c3)cn2)c1. The van der Waals surface area contributed by atoms with Gasteiger partial charge in [0.25, 0.3) is 5.91 Å². The van der Waals surface area contributed by atoms with Gasteiger partial charge in [-0.2, -0.15) is 0 Å². The van der Waals surface area contributed by atoms with Crippen molar-refractivity contribution in [3.63, 3.8) is 0 Å². The van der Waals surface area contributed by atoms with Crippen molar-refractivity contribution in [1.82, 2.24) is 9.97 Å². The van der Waals surface area contributed by atoms with Gasteiger partial charge in [0.2, 0.25) is 0 Å². The maximum absolute atomic E-state index is 13.2. The molecule has 0 unspecified atom stereocenters. The van der Waals surface area contributed by atoms with Gasteiger partial charge in [0, 0.05) is 23.5 Å². The van der Waals surface area contributed by atoms with Crippen LogP contribution in [0.3, 0.4) is 0 Å². The number of aromatic nitrogens is 2. The zero-order valence-corrected chi connectivity index (χ0v) is 13.7. The molecule has 0 radical (unpaired) electrons. The minimum Gasteiger partial charge on any atom is -0.497 e. The highest BCUT2D eigenvalue weighted by Crippen LogP contribution is 2.20. The van der Waals surface area contributed by atoms with Crippen LogP contribution in [0.2, 0.25) is 0 Å². The van der Waals surface area contributed by atoms with E-state index in [1.807, 2.05) is 18.2 Å². The van der Waals surface area contributed by atoms with Crippen molar-refractivity contribution >= 4 is 23.1 Å². The summed E-state index contributed by atoms with van der Waals surface area (Å²) in [4.78, 5) is 20.2. The van der Waals surface area contributed by atoms with Crippen molar-refractivity contribution in [1.29, 1.82) is 0 Å². The van der Waals surface area contributed by atoms with E-state index in [9.17, 15) is 13.6 Å². The van der Waals surface area contributed by atoms with Gasteiger partial charge in [-0.3, -0.25) is 4.79 Å². The number of halogens is 2. The quantitative estimate of drug-likeness (QED) is 0.728. The molecule has 0 bridgehead atoms. The molecule has 0 saturated heterocycles. The highest BCUT2D eigenvalue weighted by atomic mass is 19.2. The van der Waals surface area contributed by atoms with Crippen LogP contribution in [-0.4, -0.2) is 23.0 Å². The van der Waals surface area contributed by atoms with E-state index in [1.165, 1.54) is 18.5 Å². The van der Waals surface area contributed by atoms with Crippen molar-refractivity contribution in [2.45, 2.75) is 0 Å². The van der Waals surface area contributed by atoms with Crippen molar-refractivity contribution in [2.75, 3.05) is 17.7 Å². The summed E-state index contributed by atoms with van der Waals surface area (Å²) in [6, 6.07) is 10.3. The van der Waals surface area contributed by atoms with Gasteiger partial charge in [-0.15, -0.1) is 0 Å². The minimum atomic E-state index is -1.05. The van der Waals surface area contributed by atoms with E-state index in [4.69, 9.17) is 4.74 Å². The molecule has 0 fully saturated rings. The number of amides is 1. The van der Waals surface area contributed by atoms with Crippen LogP contribution in [0.5, 0.6) is 5.75 Å². The molecule has 0 aliphatic heterocycles. The van der Waals surface area contributed by atoms with Crippen LogP contribution in [0.25, 0.3) is 0 Å². The molecule has 132 valence electrons. The summed E-state index contributed by atoms with van der Waals surface area (Å²) in [5.74, 6) is -1.51. The fraction of sp³-hybridized carbons (Fsp3) is 0.0556. The monoisotopic (exact) mass is 356 g/mol. The van der Waals surface area contributed by atoms with Crippen LogP contribution < -0.4 is 15.4 Å². The lowest BCUT2D eigenvalue weighted by molar-refractivity contribution is 0.102. The highest BCUT2D eigenvalue weighted by Gasteiger charge is 2.10. The van der Waals surface area contributed by atoms with Gasteiger partial charge >= 0.3 is 0 Å². The van der Waals surface area contributed by atoms with E-state index >= 15 is 0 Å². The normalized spacial score (nSPS) is 10.3. The molecule has 0 atom stereocenters. The Labute approximate surface area is 147 Å². The Morgan fingerprint density at radius 2 is 1.85 bits per heavy atom. The standard InChI is InChI=1S/C18H14F2N4O2/c1-26-13-4-2-3-11(7-13)23-17-10-21-16(9-22-17)18(25)24-12-5-6-14(19)15(20)8-12/h2-10H,1H3,(H,22,23)(H,24,25). The number of carbonyl (C=O) groups is 1. The molecule has 1 aromatic heterocycles. The van der Waals surface area contributed by atoms with Crippen LogP contribution in [-0.2, 0) is 0 Å². The summed E-state index contributed by atoms with van der Waals surface area (Å²) in [6.07, 6.45) is 2.66. The third kappa shape index (κ3) is 4.10. The number of nitrogens with one attached hydrogen (secondary N) is 2. The van der Waals surface area contributed by atoms with Crippen molar-refractivity contribution in [2.24, 2.45) is 0 Å². The molecule has 3 aromatic rings. The number of ether oxygens (including phenoxy) is 1. The Morgan fingerprint density at radius 1 is 1.00 bits per heavy atom. The number of nitrogens with zero attached hydrogens (tertiary/aromatic N) is 2. The molecule has 2 N–H and O–H groups in total. The summed E-state index contributed by atoms with van der Waals surface area (Å²) >= 11 is 0. The smallest absolute Gasteiger partial charge is 0.275 e. The first kappa shape index (κ1) is 17.3. The fourth-order valence-corrected chi connectivity index (χ4v) is 2.13. The molecule has 2 aromatic carbocycles. The average molecular weight is 356 g/mol. The van der Waals surface area contributed by atoms with Crippen molar-refractivity contribution < 1.29 is 18.3 Å². The summed E-state index contributed by atoms with van der Waals surface area (Å²) in [5, 5.41) is 5.46. The van der Waals surface area contributed by atoms with E-state index in [0.717, 1.165) is 17.8 Å². The molecule has 0 spiro atoms. The number of anilines is 3. The summed E-state index contributed by atoms with van der Waals surface area (Å²) in [6.45, 7) is 0. The molecule has 6 nitrogen and oxygen atoms in total. The average Bonchev–Trinajstić information content (AvgIpc) is 2.65. The molecule has 8 heteroatoms. The van der Waals surface area contributed by atoms with Crippen LogP contribution in [0.4, 0.5) is 26.0 Å². The lowest BCUT2D eigenvalue weighted by atomic mass is 10.3. The van der Waals surface area contributed by atoms with Gasteiger partial charge in [0.1, 0.15) is 17.3 Å². The largest absolute Gasteiger partial charge is 0.497 e. The number of benzene rings is 2. The Bertz CT molecular complexity index is 933. The van der Waals surface area contributed by atoms with Gasteiger partial charge in [0.05, 0.1) is 19.5 Å². The predicted molar refractivity (Wildman–Crippen MR) is 92.6 cm³/mol. The maximum atomic E-state index is 13.2. The number of rotatable bonds is 5. The maximum Gasteiger partial charge on any atom is 0.275 e. The van der Waals surface area contributed by atoms with Crippen LogP contribution in [0, 0.1) is 11.6 Å². The van der Waals surface area contributed by atoms with Gasteiger partial charge in [0.15, 0.2) is 11.6 Å². The second kappa shape index (κ2) is 7.56. The highest BCUT2D eigenvalue weighted by molar-refractivity contribution is 6.02. The topological polar surface area (TPSA) is 76.1 Å². The van der Waals surface area contributed by atoms with E-state index in [1.54, 1.807) is 13.2 Å². The lowest BCUT2D eigenvalue weighted by Crippen LogP contribution is -2.14. The lowest BCUT2D eigenvalue weighted by Gasteiger charge is -2.08. The van der Waals surface area contributed by atoms with Gasteiger partial charge in [-0.05, 0) is 24.3 Å². The third-order valence-electron chi connectivity index (χ3n) is 3.40. The van der Waals surface area contributed by atoms with E-state index < -0.39 is 17.5 Å². The molecular formula is C18H14F2N4O2. The van der Waals surface area contributed by atoms with Crippen molar-refractivity contribution in [3.05, 3.63) is 72.2 Å². The van der Waals surface area contributed by atoms with Gasteiger partial charge in [-0.25, -0.2) is 18.7 Å². The van der Waals surface area contributed by atoms with Crippen LogP contribution in [0.1, 0.15) is 10.5 Å². The molecule has 1 amide bonds. The second-order valence-corrected chi connectivity index (χ2v) is 5.23. The number of hydrogen-bond donors (Lipinski definition) is 2. The first-order chi connectivity index (χ1) is 12.5. The zero-order chi connectivity index (χ0) is 18.5. The van der Waals surface area contributed by atoms with Crippen molar-refractivity contribution in [3.8, 4) is 5.75 Å². The van der Waals surface area contributed by atoms with E-state index in [2.05, 4.69) is 20.6 Å². The zero-order valence-electron chi connectivity index (χ0n) is 13.7.